The molecule has 0 spiro atoms. The second-order valence-corrected chi connectivity index (χ2v) is 5.15. The summed E-state index contributed by atoms with van der Waals surface area (Å²) in [6.45, 7) is 1.95. The number of aliphatic hydroxyl groups is 1. The van der Waals surface area contributed by atoms with E-state index in [0.717, 1.165) is 28.0 Å². The lowest BCUT2D eigenvalue weighted by Crippen LogP contribution is -2.07. The zero-order valence-corrected chi connectivity index (χ0v) is 11.9. The molecule has 0 saturated heterocycles. The second-order valence-electron chi connectivity index (χ2n) is 5.15. The molecule has 1 N–H and O–H groups in total. The van der Waals surface area contributed by atoms with Crippen molar-refractivity contribution < 1.29 is 5.11 Å². The summed E-state index contributed by atoms with van der Waals surface area (Å²) in [5, 5.41) is 20.3. The molecular formula is C15H18N4O. The highest BCUT2D eigenvalue weighted by Crippen LogP contribution is 2.25. The van der Waals surface area contributed by atoms with Crippen LogP contribution < -0.4 is 0 Å². The maximum absolute atomic E-state index is 10.5. The number of fused-ring (bicyclic) bond motifs is 1. The van der Waals surface area contributed by atoms with E-state index in [1.54, 1.807) is 0 Å². The van der Waals surface area contributed by atoms with Crippen LogP contribution in [0.4, 0.5) is 0 Å². The summed E-state index contributed by atoms with van der Waals surface area (Å²) < 4.78 is 3.62. The van der Waals surface area contributed by atoms with E-state index in [4.69, 9.17) is 0 Å². The normalized spacial score (nSPS) is 13.0. The van der Waals surface area contributed by atoms with Crippen LogP contribution in [0.15, 0.2) is 30.3 Å². The van der Waals surface area contributed by atoms with Gasteiger partial charge in [0.2, 0.25) is 0 Å². The number of para-hydroxylation sites is 1. The second kappa shape index (κ2) is 4.76. The van der Waals surface area contributed by atoms with Crippen LogP contribution in [0.25, 0.3) is 10.9 Å². The van der Waals surface area contributed by atoms with Crippen LogP contribution in [0, 0.1) is 6.92 Å². The summed E-state index contributed by atoms with van der Waals surface area (Å²) in [6.07, 6.45) is -0.117. The first-order chi connectivity index (χ1) is 9.56. The van der Waals surface area contributed by atoms with Crippen molar-refractivity contribution >= 4 is 10.9 Å². The zero-order valence-electron chi connectivity index (χ0n) is 11.9. The van der Waals surface area contributed by atoms with Crippen molar-refractivity contribution in [3.63, 3.8) is 0 Å². The van der Waals surface area contributed by atoms with Gasteiger partial charge in [-0.05, 0) is 19.1 Å². The maximum Gasteiger partial charge on any atom is 0.104 e. The number of aryl methyl sites for hydroxylation is 3. The molecule has 0 aliphatic carbocycles. The molecule has 0 aliphatic heterocycles. The lowest BCUT2D eigenvalue weighted by atomic mass is 10.1. The Morgan fingerprint density at radius 1 is 1.15 bits per heavy atom. The first kappa shape index (κ1) is 12.9. The lowest BCUT2D eigenvalue weighted by Gasteiger charge is -2.08. The summed E-state index contributed by atoms with van der Waals surface area (Å²) in [5.74, 6) is 0. The third kappa shape index (κ3) is 2.10. The van der Waals surface area contributed by atoms with Gasteiger partial charge < -0.3 is 5.11 Å². The lowest BCUT2D eigenvalue weighted by molar-refractivity contribution is 0.171. The van der Waals surface area contributed by atoms with Crippen molar-refractivity contribution in [1.82, 2.24) is 19.6 Å². The minimum Gasteiger partial charge on any atom is -0.386 e. The van der Waals surface area contributed by atoms with Crippen LogP contribution >= 0.6 is 0 Å². The van der Waals surface area contributed by atoms with Crippen LogP contribution in [0.5, 0.6) is 0 Å². The summed E-state index contributed by atoms with van der Waals surface area (Å²) >= 11 is 0. The van der Waals surface area contributed by atoms with Crippen LogP contribution in [0.2, 0.25) is 0 Å². The minimum absolute atomic E-state index is 0.512. The molecule has 1 atom stereocenters. The monoisotopic (exact) mass is 270 g/mol. The third-order valence-corrected chi connectivity index (χ3v) is 3.60. The molecule has 5 nitrogen and oxygen atoms in total. The topological polar surface area (TPSA) is 55.9 Å². The molecule has 104 valence electrons. The van der Waals surface area contributed by atoms with Crippen molar-refractivity contribution in [2.24, 2.45) is 14.1 Å². The van der Waals surface area contributed by atoms with Gasteiger partial charge in [0.1, 0.15) is 6.10 Å². The largest absolute Gasteiger partial charge is 0.386 e. The van der Waals surface area contributed by atoms with E-state index in [1.165, 1.54) is 0 Å². The van der Waals surface area contributed by atoms with Gasteiger partial charge in [-0.1, -0.05) is 18.2 Å². The maximum atomic E-state index is 10.5. The van der Waals surface area contributed by atoms with Crippen LogP contribution in [-0.4, -0.2) is 24.7 Å². The SMILES string of the molecule is Cc1cc(CC(O)c2nn(C)c3ccccc23)n(C)n1. The van der Waals surface area contributed by atoms with E-state index >= 15 is 0 Å². The van der Waals surface area contributed by atoms with Gasteiger partial charge in [0.05, 0.1) is 16.9 Å². The summed E-state index contributed by atoms with van der Waals surface area (Å²) in [7, 11) is 3.79. The Balaban J connectivity index is 1.97. The van der Waals surface area contributed by atoms with E-state index in [-0.39, 0.29) is 0 Å². The Kier molecular flexibility index (Phi) is 3.06. The predicted molar refractivity (Wildman–Crippen MR) is 77.3 cm³/mol. The molecule has 3 rings (SSSR count). The standard InChI is InChI=1S/C15H18N4O/c1-10-8-11(18(2)16-10)9-14(20)15-12-6-4-5-7-13(12)19(3)17-15/h4-8,14,20H,9H2,1-3H3. The Labute approximate surface area is 117 Å². The Bertz CT molecular complexity index is 756. The number of hydrogen-bond donors (Lipinski definition) is 1. The smallest absolute Gasteiger partial charge is 0.104 e. The number of hydrogen-bond acceptors (Lipinski definition) is 3. The highest BCUT2D eigenvalue weighted by Gasteiger charge is 2.18. The molecule has 3 aromatic rings. The zero-order chi connectivity index (χ0) is 14.3. The molecule has 0 radical (unpaired) electrons. The van der Waals surface area contributed by atoms with Crippen LogP contribution in [0.1, 0.15) is 23.2 Å². The van der Waals surface area contributed by atoms with Crippen LogP contribution in [-0.2, 0) is 20.5 Å². The molecule has 20 heavy (non-hydrogen) atoms. The van der Waals surface area contributed by atoms with Crippen molar-refractivity contribution in [2.45, 2.75) is 19.4 Å². The Morgan fingerprint density at radius 3 is 2.60 bits per heavy atom. The Hall–Kier alpha value is -2.14. The average molecular weight is 270 g/mol. The van der Waals surface area contributed by atoms with Crippen molar-refractivity contribution in [3.8, 4) is 0 Å². The van der Waals surface area contributed by atoms with Gasteiger partial charge in [-0.15, -0.1) is 0 Å². The summed E-state index contributed by atoms with van der Waals surface area (Å²) in [5.41, 5.74) is 3.72. The summed E-state index contributed by atoms with van der Waals surface area (Å²) in [6, 6.07) is 9.94. The van der Waals surface area contributed by atoms with E-state index in [9.17, 15) is 5.11 Å². The van der Waals surface area contributed by atoms with Crippen molar-refractivity contribution in [3.05, 3.63) is 47.4 Å². The van der Waals surface area contributed by atoms with Gasteiger partial charge in [-0.2, -0.15) is 10.2 Å². The van der Waals surface area contributed by atoms with Gasteiger partial charge in [0, 0.05) is 31.6 Å². The molecule has 1 aromatic carbocycles. The molecule has 0 amide bonds. The van der Waals surface area contributed by atoms with Gasteiger partial charge in [-0.25, -0.2) is 0 Å². The van der Waals surface area contributed by atoms with Gasteiger partial charge >= 0.3 is 0 Å². The molecule has 5 heteroatoms. The number of nitrogens with zero attached hydrogens (tertiary/aromatic N) is 4. The number of aromatic nitrogens is 4. The molecule has 2 heterocycles. The minimum atomic E-state index is -0.629. The van der Waals surface area contributed by atoms with E-state index in [1.807, 2.05) is 60.7 Å². The molecule has 0 bridgehead atoms. The fourth-order valence-electron chi connectivity index (χ4n) is 2.64. The van der Waals surface area contributed by atoms with Crippen molar-refractivity contribution in [2.75, 3.05) is 0 Å². The first-order valence-electron chi connectivity index (χ1n) is 6.65. The van der Waals surface area contributed by atoms with E-state index < -0.39 is 6.10 Å². The molecule has 0 saturated carbocycles. The highest BCUT2D eigenvalue weighted by molar-refractivity contribution is 5.82. The fourth-order valence-corrected chi connectivity index (χ4v) is 2.64. The third-order valence-electron chi connectivity index (χ3n) is 3.60. The molecule has 1 unspecified atom stereocenters. The molecule has 2 aromatic heterocycles. The van der Waals surface area contributed by atoms with Crippen molar-refractivity contribution in [1.29, 1.82) is 0 Å². The van der Waals surface area contributed by atoms with Gasteiger partial charge in [0.15, 0.2) is 0 Å². The number of aliphatic hydroxyl groups excluding tert-OH is 1. The van der Waals surface area contributed by atoms with E-state index in [0.29, 0.717) is 6.42 Å². The Morgan fingerprint density at radius 2 is 1.90 bits per heavy atom. The highest BCUT2D eigenvalue weighted by atomic mass is 16.3. The predicted octanol–water partition coefficient (Wildman–Crippen LogP) is 1.89. The number of benzene rings is 1. The van der Waals surface area contributed by atoms with Gasteiger partial charge in [0.25, 0.3) is 0 Å². The summed E-state index contributed by atoms with van der Waals surface area (Å²) in [4.78, 5) is 0. The molecule has 0 aliphatic rings. The fraction of sp³-hybridized carbons (Fsp3) is 0.333. The quantitative estimate of drug-likeness (QED) is 0.790. The van der Waals surface area contributed by atoms with Crippen LogP contribution in [0.3, 0.4) is 0 Å². The van der Waals surface area contributed by atoms with E-state index in [2.05, 4.69) is 10.2 Å². The average Bonchev–Trinajstić information content (AvgIpc) is 2.91. The number of rotatable bonds is 3. The first-order valence-corrected chi connectivity index (χ1v) is 6.65. The van der Waals surface area contributed by atoms with Gasteiger partial charge in [-0.3, -0.25) is 9.36 Å². The molecule has 0 fully saturated rings. The molecular weight excluding hydrogens is 252 g/mol.